The van der Waals surface area contributed by atoms with Gasteiger partial charge in [0.2, 0.25) is 0 Å². The molecule has 7 heteroatoms. The molecule has 7 nitrogen and oxygen atoms in total. The van der Waals surface area contributed by atoms with Crippen LogP contribution in [0.15, 0.2) is 24.3 Å². The van der Waals surface area contributed by atoms with E-state index in [-0.39, 0.29) is 6.61 Å². The van der Waals surface area contributed by atoms with Crippen molar-refractivity contribution in [2.45, 2.75) is 76.0 Å². The lowest BCUT2D eigenvalue weighted by molar-refractivity contribution is -0.358. The molecule has 3 rings (SSSR count). The van der Waals surface area contributed by atoms with Crippen LogP contribution in [0.1, 0.15) is 50.9 Å². The van der Waals surface area contributed by atoms with Gasteiger partial charge in [-0.25, -0.2) is 0 Å². The van der Waals surface area contributed by atoms with Gasteiger partial charge in [0.15, 0.2) is 12.6 Å². The Balaban J connectivity index is 1.50. The lowest BCUT2D eigenvalue weighted by atomic mass is 9.98. The van der Waals surface area contributed by atoms with Crippen molar-refractivity contribution in [2.24, 2.45) is 0 Å². The van der Waals surface area contributed by atoms with Gasteiger partial charge in [0.05, 0.1) is 13.2 Å². The summed E-state index contributed by atoms with van der Waals surface area (Å²) in [5.74, 6) is 0.812. The Morgan fingerprint density at radius 2 is 1.75 bits per heavy atom. The van der Waals surface area contributed by atoms with Crippen LogP contribution in [0.25, 0.3) is 0 Å². The molecule has 0 spiro atoms. The average Bonchev–Trinajstić information content (AvgIpc) is 2.73. The molecule has 158 valence electrons. The van der Waals surface area contributed by atoms with Gasteiger partial charge >= 0.3 is 0 Å². The molecule has 2 aliphatic heterocycles. The minimum absolute atomic E-state index is 0.245. The monoisotopic (exact) mass is 396 g/mol. The molecule has 3 unspecified atom stereocenters. The number of rotatable bonds is 9. The molecule has 1 aromatic carbocycles. The minimum atomic E-state index is -1.17. The van der Waals surface area contributed by atoms with Crippen LogP contribution < -0.4 is 4.74 Å². The summed E-state index contributed by atoms with van der Waals surface area (Å²) in [5.41, 5.74) is 0.823. The predicted molar refractivity (Wildman–Crippen MR) is 102 cm³/mol. The van der Waals surface area contributed by atoms with E-state index in [9.17, 15) is 10.2 Å². The van der Waals surface area contributed by atoms with Crippen LogP contribution in [0.4, 0.5) is 0 Å². The van der Waals surface area contributed by atoms with Crippen molar-refractivity contribution in [1.29, 1.82) is 0 Å². The molecule has 2 N–H and O–H groups in total. The number of aliphatic hydroxyl groups excluding tert-OH is 2. The van der Waals surface area contributed by atoms with Crippen molar-refractivity contribution in [2.75, 3.05) is 20.3 Å². The van der Waals surface area contributed by atoms with E-state index in [4.69, 9.17) is 23.7 Å². The minimum Gasteiger partial charge on any atom is -0.494 e. The molecule has 28 heavy (non-hydrogen) atoms. The van der Waals surface area contributed by atoms with Crippen LogP contribution >= 0.6 is 0 Å². The third-order valence-electron chi connectivity index (χ3n) is 5.23. The number of methoxy groups -OCH3 is 1. The zero-order chi connectivity index (χ0) is 19.9. The quantitative estimate of drug-likeness (QED) is 0.620. The molecule has 0 bridgehead atoms. The van der Waals surface area contributed by atoms with Gasteiger partial charge in [0.1, 0.15) is 30.2 Å². The molecule has 0 aliphatic carbocycles. The molecule has 0 saturated carbocycles. The maximum Gasteiger partial charge on any atom is 0.186 e. The lowest BCUT2D eigenvalue weighted by Crippen LogP contribution is -2.62. The van der Waals surface area contributed by atoms with Gasteiger partial charge in [-0.1, -0.05) is 44.7 Å². The number of ether oxygens (including phenoxy) is 5. The molecule has 6 atom stereocenters. The third kappa shape index (κ3) is 5.23. The summed E-state index contributed by atoms with van der Waals surface area (Å²) in [6.07, 6.45) is 1.06. The van der Waals surface area contributed by atoms with Crippen molar-refractivity contribution >= 4 is 0 Å². The zero-order valence-corrected chi connectivity index (χ0v) is 16.7. The zero-order valence-electron chi connectivity index (χ0n) is 16.7. The maximum absolute atomic E-state index is 10.3. The highest BCUT2D eigenvalue weighted by Crippen LogP contribution is 2.34. The second-order valence-corrected chi connectivity index (χ2v) is 7.36. The smallest absolute Gasteiger partial charge is 0.186 e. The first-order valence-electron chi connectivity index (χ1n) is 10.2. The summed E-state index contributed by atoms with van der Waals surface area (Å²) in [4.78, 5) is 0. The van der Waals surface area contributed by atoms with Gasteiger partial charge in [0, 0.05) is 12.7 Å². The number of unbranched alkanes of at least 4 members (excludes halogenated alkanes) is 4. The Morgan fingerprint density at radius 1 is 1.00 bits per heavy atom. The van der Waals surface area contributed by atoms with Crippen LogP contribution in [0.5, 0.6) is 5.75 Å². The molecule has 0 aromatic heterocycles. The molecule has 2 aliphatic rings. The Morgan fingerprint density at radius 3 is 2.46 bits per heavy atom. The second-order valence-electron chi connectivity index (χ2n) is 7.36. The summed E-state index contributed by atoms with van der Waals surface area (Å²) in [6.45, 7) is 3.17. The van der Waals surface area contributed by atoms with Crippen LogP contribution in [0.3, 0.4) is 0 Å². The molecular formula is C21H32O7. The summed E-state index contributed by atoms with van der Waals surface area (Å²) >= 11 is 0. The number of hydrogen-bond acceptors (Lipinski definition) is 7. The normalized spacial score (nSPS) is 32.7. The van der Waals surface area contributed by atoms with Crippen LogP contribution in [0, 0.1) is 0 Å². The highest BCUT2D eigenvalue weighted by molar-refractivity contribution is 5.28. The maximum atomic E-state index is 10.3. The van der Waals surface area contributed by atoms with E-state index in [0.29, 0.717) is 6.61 Å². The fraction of sp³-hybridized carbons (Fsp3) is 0.714. The van der Waals surface area contributed by atoms with E-state index in [1.54, 1.807) is 0 Å². The van der Waals surface area contributed by atoms with Crippen LogP contribution in [-0.4, -0.2) is 61.2 Å². The number of fused-ring (bicyclic) bond motifs is 1. The van der Waals surface area contributed by atoms with Crippen molar-refractivity contribution in [1.82, 2.24) is 0 Å². The van der Waals surface area contributed by atoms with Crippen molar-refractivity contribution in [3.05, 3.63) is 29.8 Å². The van der Waals surface area contributed by atoms with E-state index in [1.807, 2.05) is 24.3 Å². The first-order valence-corrected chi connectivity index (χ1v) is 10.2. The Hall–Kier alpha value is -1.22. The van der Waals surface area contributed by atoms with E-state index >= 15 is 0 Å². The standard InChI is InChI=1S/C21H32O7/c1-3-4-5-6-7-12-25-15-10-8-14(9-11-15)20-26-13-16-19(28-20)17(22)18(23)21(24-2)27-16/h8-11,16-23H,3-7,12-13H2,1-2H3/t16?,17-,18?,19-,20?,21-/m1/s1. The van der Waals surface area contributed by atoms with Crippen molar-refractivity contribution in [3.63, 3.8) is 0 Å². The Labute approximate surface area is 166 Å². The Kier molecular flexibility index (Phi) is 8.08. The summed E-state index contributed by atoms with van der Waals surface area (Å²) in [6, 6.07) is 7.57. The summed E-state index contributed by atoms with van der Waals surface area (Å²) < 4.78 is 28.1. The highest BCUT2D eigenvalue weighted by atomic mass is 16.7. The second kappa shape index (κ2) is 10.5. The highest BCUT2D eigenvalue weighted by Gasteiger charge is 2.48. The van der Waals surface area contributed by atoms with E-state index in [2.05, 4.69) is 6.92 Å². The van der Waals surface area contributed by atoms with Gasteiger partial charge in [-0.15, -0.1) is 0 Å². The SMILES string of the molecule is CCCCCCCOc1ccc(C2OCC3O[C@@H](OC)C(O)[C@@H](O)[C@@H]3O2)cc1. The van der Waals surface area contributed by atoms with Crippen molar-refractivity contribution < 1.29 is 33.9 Å². The van der Waals surface area contributed by atoms with Gasteiger partial charge in [0.25, 0.3) is 0 Å². The van der Waals surface area contributed by atoms with Gasteiger partial charge in [-0.3, -0.25) is 0 Å². The average molecular weight is 396 g/mol. The van der Waals surface area contributed by atoms with Gasteiger partial charge in [-0.05, 0) is 18.6 Å². The first-order chi connectivity index (χ1) is 13.6. The van der Waals surface area contributed by atoms with Crippen LogP contribution in [0.2, 0.25) is 0 Å². The largest absolute Gasteiger partial charge is 0.494 e. The number of hydrogen-bond donors (Lipinski definition) is 2. The molecular weight excluding hydrogens is 364 g/mol. The molecule has 1 aromatic rings. The Bertz CT molecular complexity index is 577. The molecule has 0 amide bonds. The van der Waals surface area contributed by atoms with Gasteiger partial charge in [-0.2, -0.15) is 0 Å². The lowest BCUT2D eigenvalue weighted by Gasteiger charge is -2.45. The first kappa shape index (κ1) is 21.5. The topological polar surface area (TPSA) is 86.6 Å². The molecule has 2 fully saturated rings. The predicted octanol–water partition coefficient (Wildman–Crippen LogP) is 2.54. The van der Waals surface area contributed by atoms with Crippen LogP contribution in [-0.2, 0) is 18.9 Å². The summed E-state index contributed by atoms with van der Waals surface area (Å²) in [5, 5.41) is 20.4. The fourth-order valence-electron chi connectivity index (χ4n) is 3.56. The van der Waals surface area contributed by atoms with E-state index in [0.717, 1.165) is 17.7 Å². The number of benzene rings is 1. The van der Waals surface area contributed by atoms with E-state index < -0.39 is 37.0 Å². The molecule has 0 radical (unpaired) electrons. The molecule has 2 saturated heterocycles. The van der Waals surface area contributed by atoms with Crippen molar-refractivity contribution in [3.8, 4) is 5.75 Å². The molecule has 2 heterocycles. The fourth-order valence-corrected chi connectivity index (χ4v) is 3.56. The van der Waals surface area contributed by atoms with Gasteiger partial charge < -0.3 is 33.9 Å². The third-order valence-corrected chi connectivity index (χ3v) is 5.23. The number of aliphatic hydroxyl groups is 2. The summed E-state index contributed by atoms with van der Waals surface area (Å²) in [7, 11) is 1.42. The van der Waals surface area contributed by atoms with E-state index in [1.165, 1.54) is 32.8 Å².